The third kappa shape index (κ3) is 0.563. The minimum atomic E-state index is -0.802. The van der Waals surface area contributed by atoms with E-state index in [-0.39, 0.29) is 17.9 Å². The Hall–Kier alpha value is -0.150. The summed E-state index contributed by atoms with van der Waals surface area (Å²) in [5, 5.41) is 9.06. The number of rotatable bonds is 0. The van der Waals surface area contributed by atoms with Crippen molar-refractivity contribution in [3.8, 4) is 0 Å². The third-order valence-corrected chi connectivity index (χ3v) is 2.49. The topological polar surface area (TPSA) is 46.2 Å². The van der Waals surface area contributed by atoms with E-state index in [2.05, 4.69) is 0 Å². The summed E-state index contributed by atoms with van der Waals surface area (Å²) >= 11 is 0. The SMILES string of the molecule is N[C@H]1CC(O)[C@H]2[C@@H](F)[C@H]21. The molecule has 1 unspecified atom stereocenters. The van der Waals surface area contributed by atoms with Crippen LogP contribution in [0, 0.1) is 11.8 Å². The zero-order valence-corrected chi connectivity index (χ0v) is 5.00. The van der Waals surface area contributed by atoms with Gasteiger partial charge >= 0.3 is 0 Å². The molecule has 2 aliphatic carbocycles. The molecule has 0 aromatic heterocycles. The Morgan fingerprint density at radius 3 is 2.33 bits per heavy atom. The monoisotopic (exact) mass is 131 g/mol. The maximum absolute atomic E-state index is 12.5. The molecule has 3 heteroatoms. The lowest BCUT2D eigenvalue weighted by Gasteiger charge is -2.06. The average molecular weight is 131 g/mol. The molecule has 0 bridgehead atoms. The van der Waals surface area contributed by atoms with Crippen molar-refractivity contribution in [1.29, 1.82) is 0 Å². The van der Waals surface area contributed by atoms with E-state index in [4.69, 9.17) is 10.8 Å². The summed E-state index contributed by atoms with van der Waals surface area (Å²) in [6.45, 7) is 0. The van der Waals surface area contributed by atoms with E-state index in [0.717, 1.165) is 0 Å². The van der Waals surface area contributed by atoms with E-state index in [1.165, 1.54) is 0 Å². The molecule has 2 rings (SSSR count). The van der Waals surface area contributed by atoms with Crippen LogP contribution >= 0.6 is 0 Å². The van der Waals surface area contributed by atoms with Crippen LogP contribution in [0.4, 0.5) is 4.39 Å². The van der Waals surface area contributed by atoms with Gasteiger partial charge in [0.2, 0.25) is 0 Å². The van der Waals surface area contributed by atoms with Crippen molar-refractivity contribution in [2.75, 3.05) is 0 Å². The van der Waals surface area contributed by atoms with E-state index >= 15 is 0 Å². The number of fused-ring (bicyclic) bond motifs is 1. The lowest BCUT2D eigenvalue weighted by molar-refractivity contribution is 0.139. The van der Waals surface area contributed by atoms with Crippen LogP contribution in [0.3, 0.4) is 0 Å². The standard InChI is InChI=1S/C6H10FNO/c7-6-4-2(8)1-3(9)5(4)6/h2-6,9H,1,8H2/t2-,3?,4-,5+,6-/m0/s1. The van der Waals surface area contributed by atoms with Crippen molar-refractivity contribution >= 4 is 0 Å². The molecule has 0 saturated heterocycles. The summed E-state index contributed by atoms with van der Waals surface area (Å²) in [5.74, 6) is -0.125. The third-order valence-electron chi connectivity index (χ3n) is 2.49. The molecule has 0 aliphatic heterocycles. The molecule has 9 heavy (non-hydrogen) atoms. The fraction of sp³-hybridized carbons (Fsp3) is 1.00. The average Bonchev–Trinajstić information content (AvgIpc) is 2.30. The quantitative estimate of drug-likeness (QED) is 0.472. The molecule has 2 aliphatic rings. The van der Waals surface area contributed by atoms with E-state index < -0.39 is 12.3 Å². The first kappa shape index (κ1) is 5.62. The normalized spacial score (nSPS) is 63.7. The Balaban J connectivity index is 2.10. The maximum Gasteiger partial charge on any atom is 0.111 e. The smallest absolute Gasteiger partial charge is 0.111 e. The van der Waals surface area contributed by atoms with Crippen LogP contribution in [-0.4, -0.2) is 23.4 Å². The van der Waals surface area contributed by atoms with Crippen LogP contribution < -0.4 is 5.73 Å². The van der Waals surface area contributed by atoms with Crippen LogP contribution in [0.25, 0.3) is 0 Å². The second-order valence-corrected chi connectivity index (χ2v) is 3.07. The Labute approximate surface area is 52.9 Å². The van der Waals surface area contributed by atoms with E-state index in [1.807, 2.05) is 0 Å². The van der Waals surface area contributed by atoms with Crippen molar-refractivity contribution < 1.29 is 9.50 Å². The summed E-state index contributed by atoms with van der Waals surface area (Å²) in [4.78, 5) is 0. The molecule has 0 aromatic rings. The van der Waals surface area contributed by atoms with Crippen LogP contribution in [0.5, 0.6) is 0 Å². The predicted octanol–water partition coefficient (Wildman–Crippen LogP) is -0.338. The molecule has 0 heterocycles. The summed E-state index contributed by atoms with van der Waals surface area (Å²) < 4.78 is 12.5. The van der Waals surface area contributed by atoms with Gasteiger partial charge < -0.3 is 10.8 Å². The van der Waals surface area contributed by atoms with Gasteiger partial charge in [-0.25, -0.2) is 4.39 Å². The highest BCUT2D eigenvalue weighted by molar-refractivity contribution is 5.12. The van der Waals surface area contributed by atoms with E-state index in [1.54, 1.807) is 0 Å². The molecule has 52 valence electrons. The lowest BCUT2D eigenvalue weighted by atomic mass is 10.1. The fourth-order valence-corrected chi connectivity index (χ4v) is 1.90. The lowest BCUT2D eigenvalue weighted by Crippen LogP contribution is -2.24. The van der Waals surface area contributed by atoms with Crippen molar-refractivity contribution in [2.24, 2.45) is 17.6 Å². The predicted molar refractivity (Wildman–Crippen MR) is 30.5 cm³/mol. The summed E-state index contributed by atoms with van der Waals surface area (Å²) in [6, 6.07) is -0.0833. The molecule has 0 spiro atoms. The highest BCUT2D eigenvalue weighted by Gasteiger charge is 2.62. The van der Waals surface area contributed by atoms with Crippen LogP contribution in [-0.2, 0) is 0 Å². The highest BCUT2D eigenvalue weighted by Crippen LogP contribution is 2.53. The van der Waals surface area contributed by atoms with Gasteiger partial charge in [-0.05, 0) is 6.42 Å². The molecule has 2 fully saturated rings. The number of alkyl halides is 1. The van der Waals surface area contributed by atoms with Crippen LogP contribution in [0.1, 0.15) is 6.42 Å². The van der Waals surface area contributed by atoms with Crippen molar-refractivity contribution in [1.82, 2.24) is 0 Å². The zero-order chi connectivity index (χ0) is 6.59. The Kier molecular flexibility index (Phi) is 0.916. The van der Waals surface area contributed by atoms with E-state index in [0.29, 0.717) is 6.42 Å². The molecule has 0 aromatic carbocycles. The van der Waals surface area contributed by atoms with Gasteiger partial charge in [-0.3, -0.25) is 0 Å². The Morgan fingerprint density at radius 1 is 1.44 bits per heavy atom. The van der Waals surface area contributed by atoms with Gasteiger partial charge in [0.15, 0.2) is 0 Å². The molecule has 5 atom stereocenters. The minimum absolute atomic E-state index is 0.0139. The van der Waals surface area contributed by atoms with Gasteiger partial charge in [-0.15, -0.1) is 0 Å². The second-order valence-electron chi connectivity index (χ2n) is 3.07. The molecule has 0 amide bonds. The van der Waals surface area contributed by atoms with Gasteiger partial charge in [0.05, 0.1) is 6.10 Å². The number of hydrogen-bond donors (Lipinski definition) is 2. The van der Waals surface area contributed by atoms with Crippen LogP contribution in [0.15, 0.2) is 0 Å². The number of aliphatic hydroxyl groups is 1. The Morgan fingerprint density at radius 2 is 2.11 bits per heavy atom. The van der Waals surface area contributed by atoms with E-state index in [9.17, 15) is 4.39 Å². The molecule has 2 nitrogen and oxygen atoms in total. The largest absolute Gasteiger partial charge is 0.393 e. The first-order chi connectivity index (χ1) is 4.22. The number of aliphatic hydroxyl groups excluding tert-OH is 1. The second kappa shape index (κ2) is 1.47. The number of hydrogen-bond acceptors (Lipinski definition) is 2. The summed E-state index contributed by atoms with van der Waals surface area (Å²) in [5.41, 5.74) is 5.50. The fourth-order valence-electron chi connectivity index (χ4n) is 1.90. The molecule has 3 N–H and O–H groups in total. The van der Waals surface area contributed by atoms with Gasteiger partial charge in [0.25, 0.3) is 0 Å². The summed E-state index contributed by atoms with van der Waals surface area (Å²) in [6.07, 6.45) is -0.667. The van der Waals surface area contributed by atoms with Gasteiger partial charge in [-0.2, -0.15) is 0 Å². The van der Waals surface area contributed by atoms with Crippen molar-refractivity contribution in [3.63, 3.8) is 0 Å². The van der Waals surface area contributed by atoms with Gasteiger partial charge in [0.1, 0.15) is 6.17 Å². The maximum atomic E-state index is 12.5. The molecule has 2 saturated carbocycles. The zero-order valence-electron chi connectivity index (χ0n) is 5.00. The van der Waals surface area contributed by atoms with Crippen molar-refractivity contribution in [3.05, 3.63) is 0 Å². The highest BCUT2D eigenvalue weighted by atomic mass is 19.1. The summed E-state index contributed by atoms with van der Waals surface area (Å²) in [7, 11) is 0. The minimum Gasteiger partial charge on any atom is -0.393 e. The molecular weight excluding hydrogens is 121 g/mol. The van der Waals surface area contributed by atoms with Crippen LogP contribution in [0.2, 0.25) is 0 Å². The van der Waals surface area contributed by atoms with Gasteiger partial charge in [0, 0.05) is 17.9 Å². The first-order valence-electron chi connectivity index (χ1n) is 3.29. The van der Waals surface area contributed by atoms with Crippen molar-refractivity contribution in [2.45, 2.75) is 24.7 Å². The van der Waals surface area contributed by atoms with Gasteiger partial charge in [-0.1, -0.05) is 0 Å². The number of nitrogens with two attached hydrogens (primary N) is 1. The molecule has 0 radical (unpaired) electrons. The molecular formula is C6H10FNO. The first-order valence-corrected chi connectivity index (χ1v) is 3.29. The number of halogens is 1. The Bertz CT molecular complexity index is 127.